The molecule has 3 aromatic heterocycles. The molecule has 0 spiro atoms. The molecule has 0 N–H and O–H groups in total. The highest BCUT2D eigenvalue weighted by Gasteiger charge is 2.20. The number of ether oxygens (including phenoxy) is 1. The Morgan fingerprint density at radius 3 is 2.70 bits per heavy atom. The first kappa shape index (κ1) is 19.9. The number of carbonyl (C=O) groups is 1. The third-order valence-electron chi connectivity index (χ3n) is 4.63. The maximum Gasteiger partial charge on any atom is 0.254 e. The Morgan fingerprint density at radius 1 is 1.13 bits per heavy atom. The number of fused-ring (bicyclic) bond motifs is 1. The van der Waals surface area contributed by atoms with Crippen molar-refractivity contribution in [2.24, 2.45) is 0 Å². The van der Waals surface area contributed by atoms with Gasteiger partial charge in [-0.05, 0) is 55.5 Å². The van der Waals surface area contributed by atoms with Gasteiger partial charge in [-0.15, -0.1) is 0 Å². The highest BCUT2D eigenvalue weighted by atomic mass is 35.5. The zero-order chi connectivity index (χ0) is 20.9. The van der Waals surface area contributed by atoms with E-state index in [1.54, 1.807) is 41.8 Å². The molecule has 0 atom stereocenters. The Hall–Kier alpha value is -3.38. The van der Waals surface area contributed by atoms with Gasteiger partial charge in [-0.1, -0.05) is 11.6 Å². The SMILES string of the molecule is CCOc1ccc2nc(Cl)c(CN(Cc3ccco3)C(=O)c3ccncc3)cc2c1. The minimum absolute atomic E-state index is 0.145. The van der Waals surface area contributed by atoms with Gasteiger partial charge < -0.3 is 14.1 Å². The van der Waals surface area contributed by atoms with Crippen LogP contribution in [-0.4, -0.2) is 27.4 Å². The molecular weight excluding hydrogens is 402 g/mol. The van der Waals surface area contributed by atoms with E-state index in [4.69, 9.17) is 20.8 Å². The van der Waals surface area contributed by atoms with Crippen LogP contribution in [0.1, 0.15) is 28.6 Å². The van der Waals surface area contributed by atoms with Crippen LogP contribution in [0.4, 0.5) is 0 Å². The van der Waals surface area contributed by atoms with Crippen LogP contribution in [0.15, 0.2) is 71.6 Å². The average molecular weight is 422 g/mol. The number of rotatable bonds is 7. The molecule has 4 rings (SSSR count). The van der Waals surface area contributed by atoms with E-state index in [1.165, 1.54) is 0 Å². The molecule has 0 bridgehead atoms. The molecule has 30 heavy (non-hydrogen) atoms. The lowest BCUT2D eigenvalue weighted by Crippen LogP contribution is -2.30. The Morgan fingerprint density at radius 2 is 1.97 bits per heavy atom. The number of amides is 1. The van der Waals surface area contributed by atoms with E-state index in [-0.39, 0.29) is 12.5 Å². The lowest BCUT2D eigenvalue weighted by atomic mass is 10.1. The van der Waals surface area contributed by atoms with Gasteiger partial charge in [0.2, 0.25) is 0 Å². The summed E-state index contributed by atoms with van der Waals surface area (Å²) in [5, 5.41) is 1.26. The summed E-state index contributed by atoms with van der Waals surface area (Å²) >= 11 is 6.47. The van der Waals surface area contributed by atoms with Crippen LogP contribution in [0.5, 0.6) is 5.75 Å². The van der Waals surface area contributed by atoms with Crippen molar-refractivity contribution < 1.29 is 13.9 Å². The van der Waals surface area contributed by atoms with Gasteiger partial charge in [-0.3, -0.25) is 9.78 Å². The first-order chi connectivity index (χ1) is 14.6. The van der Waals surface area contributed by atoms with Gasteiger partial charge in [0.05, 0.1) is 24.9 Å². The number of hydrogen-bond donors (Lipinski definition) is 0. The van der Waals surface area contributed by atoms with Crippen molar-refractivity contribution in [2.45, 2.75) is 20.0 Å². The molecule has 7 heteroatoms. The molecule has 0 aliphatic heterocycles. The molecule has 0 aliphatic carbocycles. The van der Waals surface area contributed by atoms with Gasteiger partial charge >= 0.3 is 0 Å². The lowest BCUT2D eigenvalue weighted by Gasteiger charge is -2.22. The molecule has 0 unspecified atom stereocenters. The van der Waals surface area contributed by atoms with Crippen molar-refractivity contribution in [3.05, 3.63) is 89.2 Å². The predicted octanol–water partition coefficient (Wildman–Crippen LogP) is 5.12. The number of aromatic nitrogens is 2. The third kappa shape index (κ3) is 4.44. The summed E-state index contributed by atoms with van der Waals surface area (Å²) in [5.41, 5.74) is 2.05. The minimum Gasteiger partial charge on any atom is -0.494 e. The van der Waals surface area contributed by atoms with Crippen LogP contribution in [0.25, 0.3) is 10.9 Å². The molecule has 0 radical (unpaired) electrons. The largest absolute Gasteiger partial charge is 0.494 e. The molecular formula is C23H20ClN3O3. The second-order valence-corrected chi connectivity index (χ2v) is 7.06. The predicted molar refractivity (Wildman–Crippen MR) is 114 cm³/mol. The fourth-order valence-electron chi connectivity index (χ4n) is 3.22. The fourth-order valence-corrected chi connectivity index (χ4v) is 3.42. The highest BCUT2D eigenvalue weighted by molar-refractivity contribution is 6.30. The van der Waals surface area contributed by atoms with Gasteiger partial charge in [-0.2, -0.15) is 0 Å². The van der Waals surface area contributed by atoms with E-state index >= 15 is 0 Å². The number of pyridine rings is 2. The number of hydrogen-bond acceptors (Lipinski definition) is 5. The van der Waals surface area contributed by atoms with Gasteiger partial charge in [0.25, 0.3) is 5.91 Å². The van der Waals surface area contributed by atoms with Crippen LogP contribution in [0.2, 0.25) is 5.15 Å². The van der Waals surface area contributed by atoms with E-state index in [0.717, 1.165) is 22.2 Å². The zero-order valence-corrected chi connectivity index (χ0v) is 17.2. The van der Waals surface area contributed by atoms with E-state index in [2.05, 4.69) is 9.97 Å². The molecule has 1 amide bonds. The summed E-state index contributed by atoms with van der Waals surface area (Å²) in [6.07, 6.45) is 4.78. The molecule has 0 saturated heterocycles. The zero-order valence-electron chi connectivity index (χ0n) is 16.4. The second kappa shape index (κ2) is 8.97. The second-order valence-electron chi connectivity index (χ2n) is 6.70. The maximum absolute atomic E-state index is 13.2. The van der Waals surface area contributed by atoms with Crippen LogP contribution in [0.3, 0.4) is 0 Å². The van der Waals surface area contributed by atoms with Crippen molar-refractivity contribution in [2.75, 3.05) is 6.61 Å². The van der Waals surface area contributed by atoms with Crippen LogP contribution < -0.4 is 4.74 Å². The molecule has 0 saturated carbocycles. The number of benzene rings is 1. The van der Waals surface area contributed by atoms with Gasteiger partial charge in [0.1, 0.15) is 16.7 Å². The normalized spacial score (nSPS) is 10.9. The van der Waals surface area contributed by atoms with Crippen molar-refractivity contribution >= 4 is 28.4 Å². The number of nitrogens with zero attached hydrogens (tertiary/aromatic N) is 3. The molecule has 4 aromatic rings. The summed E-state index contributed by atoms with van der Waals surface area (Å²) in [4.78, 5) is 23.3. The Balaban J connectivity index is 1.68. The standard InChI is InChI=1S/C23H20ClN3O3/c1-2-29-19-5-6-21-17(13-19)12-18(22(24)26-21)14-27(15-20-4-3-11-30-20)23(28)16-7-9-25-10-8-16/h3-13H,2,14-15H2,1H3. The maximum atomic E-state index is 13.2. The highest BCUT2D eigenvalue weighted by Crippen LogP contribution is 2.26. The number of halogens is 1. The van der Waals surface area contributed by atoms with E-state index in [1.807, 2.05) is 37.3 Å². The first-order valence-electron chi connectivity index (χ1n) is 9.57. The minimum atomic E-state index is -0.145. The quantitative estimate of drug-likeness (QED) is 0.387. The fraction of sp³-hybridized carbons (Fsp3) is 0.174. The Kier molecular flexibility index (Phi) is 5.95. The Bertz CT molecular complexity index is 1150. The smallest absolute Gasteiger partial charge is 0.254 e. The molecule has 3 heterocycles. The monoisotopic (exact) mass is 421 g/mol. The first-order valence-corrected chi connectivity index (χ1v) is 9.95. The van der Waals surface area contributed by atoms with Gasteiger partial charge in [0.15, 0.2) is 0 Å². The summed E-state index contributed by atoms with van der Waals surface area (Å²) in [5.74, 6) is 1.30. The summed E-state index contributed by atoms with van der Waals surface area (Å²) < 4.78 is 11.0. The van der Waals surface area contributed by atoms with Gasteiger partial charge in [0, 0.05) is 35.5 Å². The van der Waals surface area contributed by atoms with E-state index < -0.39 is 0 Å². The van der Waals surface area contributed by atoms with Crippen molar-refractivity contribution in [1.29, 1.82) is 0 Å². The average Bonchev–Trinajstić information content (AvgIpc) is 3.27. The van der Waals surface area contributed by atoms with Crippen molar-refractivity contribution in [3.63, 3.8) is 0 Å². The van der Waals surface area contributed by atoms with Crippen molar-refractivity contribution in [1.82, 2.24) is 14.9 Å². The van der Waals surface area contributed by atoms with Crippen molar-refractivity contribution in [3.8, 4) is 5.75 Å². The topological polar surface area (TPSA) is 68.5 Å². The van der Waals surface area contributed by atoms with Crippen LogP contribution >= 0.6 is 11.6 Å². The number of furan rings is 1. The molecule has 1 aromatic carbocycles. The van der Waals surface area contributed by atoms with Gasteiger partial charge in [-0.25, -0.2) is 4.98 Å². The molecule has 0 fully saturated rings. The van der Waals surface area contributed by atoms with E-state index in [0.29, 0.717) is 29.6 Å². The van der Waals surface area contributed by atoms with Crippen LogP contribution in [0, 0.1) is 0 Å². The lowest BCUT2D eigenvalue weighted by molar-refractivity contribution is 0.0717. The number of carbonyl (C=O) groups excluding carboxylic acids is 1. The third-order valence-corrected chi connectivity index (χ3v) is 4.95. The molecule has 6 nitrogen and oxygen atoms in total. The Labute approximate surface area is 179 Å². The molecule has 152 valence electrons. The van der Waals surface area contributed by atoms with Crippen LogP contribution in [-0.2, 0) is 13.1 Å². The summed E-state index contributed by atoms with van der Waals surface area (Å²) in [6, 6.07) is 14.6. The molecule has 0 aliphatic rings. The summed E-state index contributed by atoms with van der Waals surface area (Å²) in [6.45, 7) is 3.10. The van der Waals surface area contributed by atoms with E-state index in [9.17, 15) is 4.79 Å². The summed E-state index contributed by atoms with van der Waals surface area (Å²) in [7, 11) is 0.